The molecule has 0 spiro atoms. The van der Waals surface area contributed by atoms with E-state index in [1.54, 1.807) is 0 Å². The molecule has 0 radical (unpaired) electrons. The van der Waals surface area contributed by atoms with Crippen molar-refractivity contribution < 1.29 is 13.5 Å². The first-order chi connectivity index (χ1) is 4.60. The van der Waals surface area contributed by atoms with Crippen LogP contribution in [0.5, 0.6) is 0 Å². The van der Waals surface area contributed by atoms with Crippen LogP contribution in [-0.2, 0) is 4.74 Å². The van der Waals surface area contributed by atoms with Crippen LogP contribution in [-0.4, -0.2) is 37.2 Å². The minimum atomic E-state index is -2.79. The lowest BCUT2D eigenvalue weighted by Crippen LogP contribution is -2.41. The maximum Gasteiger partial charge on any atom is 0.284 e. The summed E-state index contributed by atoms with van der Waals surface area (Å²) in [4.78, 5) is 0. The van der Waals surface area contributed by atoms with Gasteiger partial charge in [0.1, 0.15) is 6.61 Å². The second-order valence-corrected chi connectivity index (χ2v) is 2.38. The number of alkyl halides is 2. The van der Waals surface area contributed by atoms with Gasteiger partial charge in [0.15, 0.2) is 0 Å². The van der Waals surface area contributed by atoms with Gasteiger partial charge in [0.25, 0.3) is 5.92 Å². The van der Waals surface area contributed by atoms with E-state index in [0.29, 0.717) is 6.54 Å². The zero-order valence-corrected chi connectivity index (χ0v) is 5.52. The molecule has 0 bridgehead atoms. The van der Waals surface area contributed by atoms with Crippen LogP contribution in [0.1, 0.15) is 0 Å². The smallest absolute Gasteiger partial charge is 0.284 e. The van der Waals surface area contributed by atoms with E-state index in [2.05, 4.69) is 4.74 Å². The van der Waals surface area contributed by atoms with Gasteiger partial charge in [-0.1, -0.05) is 0 Å². The number of nitrogens with zero attached hydrogens (tertiary/aromatic N) is 1. The van der Waals surface area contributed by atoms with Gasteiger partial charge in [-0.05, 0) is 0 Å². The summed E-state index contributed by atoms with van der Waals surface area (Å²) in [6, 6.07) is 0. The van der Waals surface area contributed by atoms with E-state index in [0.717, 1.165) is 5.01 Å². The number of hydrazine groups is 1. The Kier molecular flexibility index (Phi) is 2.18. The molecular formula is C5H10F2N2O. The minimum absolute atomic E-state index is 0.284. The third-order valence-electron chi connectivity index (χ3n) is 1.27. The molecule has 1 heterocycles. The molecule has 0 saturated carbocycles. The third kappa shape index (κ3) is 2.17. The van der Waals surface area contributed by atoms with Crippen molar-refractivity contribution >= 4 is 0 Å². The van der Waals surface area contributed by atoms with E-state index in [4.69, 9.17) is 5.84 Å². The fourth-order valence-corrected chi connectivity index (χ4v) is 0.825. The Hall–Kier alpha value is -0.260. The molecule has 10 heavy (non-hydrogen) atoms. The molecule has 1 saturated heterocycles. The predicted octanol–water partition coefficient (Wildman–Crippen LogP) is -0.172. The fraction of sp³-hybridized carbons (Fsp3) is 1.00. The predicted molar refractivity (Wildman–Crippen MR) is 31.5 cm³/mol. The van der Waals surface area contributed by atoms with Crippen molar-refractivity contribution in [3.8, 4) is 0 Å². The van der Waals surface area contributed by atoms with Crippen molar-refractivity contribution in [2.24, 2.45) is 5.84 Å². The molecule has 60 valence electrons. The lowest BCUT2D eigenvalue weighted by atomic mass is 10.3. The summed E-state index contributed by atoms with van der Waals surface area (Å²) in [5, 5.41) is 1.08. The van der Waals surface area contributed by atoms with Gasteiger partial charge in [0.05, 0.1) is 13.2 Å². The number of halogens is 2. The Balaban J connectivity index is 2.46. The Morgan fingerprint density at radius 1 is 1.50 bits per heavy atom. The summed E-state index contributed by atoms with van der Waals surface area (Å²) >= 11 is 0. The van der Waals surface area contributed by atoms with Crippen LogP contribution in [0, 0.1) is 0 Å². The highest BCUT2D eigenvalue weighted by Gasteiger charge is 2.33. The highest BCUT2D eigenvalue weighted by atomic mass is 19.3. The van der Waals surface area contributed by atoms with Gasteiger partial charge in [-0.3, -0.25) is 5.84 Å². The average Bonchev–Trinajstić information content (AvgIpc) is 1.90. The van der Waals surface area contributed by atoms with E-state index in [1.165, 1.54) is 0 Å². The van der Waals surface area contributed by atoms with Crippen LogP contribution in [0.15, 0.2) is 0 Å². The number of nitrogens with two attached hydrogens (primary N) is 1. The van der Waals surface area contributed by atoms with Gasteiger partial charge in [0.2, 0.25) is 0 Å². The highest BCUT2D eigenvalue weighted by molar-refractivity contribution is 4.71. The van der Waals surface area contributed by atoms with Crippen molar-refractivity contribution in [2.45, 2.75) is 5.92 Å². The Morgan fingerprint density at radius 2 is 2.20 bits per heavy atom. The molecule has 0 amide bonds. The second kappa shape index (κ2) is 2.77. The van der Waals surface area contributed by atoms with Crippen molar-refractivity contribution in [1.82, 2.24) is 5.01 Å². The first kappa shape index (κ1) is 7.84. The van der Waals surface area contributed by atoms with Gasteiger partial charge >= 0.3 is 0 Å². The van der Waals surface area contributed by atoms with E-state index in [9.17, 15) is 8.78 Å². The highest BCUT2D eigenvalue weighted by Crippen LogP contribution is 2.16. The summed E-state index contributed by atoms with van der Waals surface area (Å²) in [5.41, 5.74) is 0. The summed E-state index contributed by atoms with van der Waals surface area (Å²) < 4.78 is 29.5. The monoisotopic (exact) mass is 152 g/mol. The molecule has 2 N–H and O–H groups in total. The SMILES string of the molecule is NN1CCOCC(F)(F)C1. The lowest BCUT2D eigenvalue weighted by molar-refractivity contribution is -0.0684. The zero-order valence-electron chi connectivity index (χ0n) is 5.52. The molecule has 1 fully saturated rings. The fourth-order valence-electron chi connectivity index (χ4n) is 0.825. The molecule has 1 aliphatic rings. The molecular weight excluding hydrogens is 142 g/mol. The van der Waals surface area contributed by atoms with E-state index in [1.807, 2.05) is 0 Å². The first-order valence-corrected chi connectivity index (χ1v) is 3.05. The van der Waals surface area contributed by atoms with E-state index < -0.39 is 19.1 Å². The Morgan fingerprint density at radius 3 is 2.90 bits per heavy atom. The number of hydrogen-bond acceptors (Lipinski definition) is 3. The largest absolute Gasteiger partial charge is 0.374 e. The van der Waals surface area contributed by atoms with Crippen LogP contribution in [0.2, 0.25) is 0 Å². The normalized spacial score (nSPS) is 27.9. The Labute approximate surface area is 57.7 Å². The van der Waals surface area contributed by atoms with Crippen LogP contribution >= 0.6 is 0 Å². The number of ether oxygens (including phenoxy) is 1. The standard InChI is InChI=1S/C5H10F2N2O/c6-5(7)3-9(8)1-2-10-4-5/h1-4,8H2. The molecule has 0 atom stereocenters. The van der Waals surface area contributed by atoms with Crippen LogP contribution in [0.25, 0.3) is 0 Å². The minimum Gasteiger partial charge on any atom is -0.374 e. The van der Waals surface area contributed by atoms with E-state index in [-0.39, 0.29) is 6.61 Å². The number of hydrogen-bond donors (Lipinski definition) is 1. The average molecular weight is 152 g/mol. The molecule has 0 aromatic rings. The molecule has 1 aliphatic heterocycles. The third-order valence-corrected chi connectivity index (χ3v) is 1.27. The molecule has 0 aromatic heterocycles. The quantitative estimate of drug-likeness (QED) is 0.490. The maximum absolute atomic E-state index is 12.5. The van der Waals surface area contributed by atoms with Gasteiger partial charge in [0, 0.05) is 6.54 Å². The van der Waals surface area contributed by atoms with Crippen LogP contribution in [0.3, 0.4) is 0 Å². The topological polar surface area (TPSA) is 38.5 Å². The van der Waals surface area contributed by atoms with Crippen LogP contribution in [0.4, 0.5) is 8.78 Å². The summed E-state index contributed by atoms with van der Waals surface area (Å²) in [5.74, 6) is 2.40. The van der Waals surface area contributed by atoms with Gasteiger partial charge < -0.3 is 4.74 Å². The molecule has 0 aromatic carbocycles. The molecule has 1 rings (SSSR count). The summed E-state index contributed by atoms with van der Waals surface area (Å²) in [7, 11) is 0. The van der Waals surface area contributed by atoms with Crippen molar-refractivity contribution in [1.29, 1.82) is 0 Å². The van der Waals surface area contributed by atoms with Crippen LogP contribution < -0.4 is 5.84 Å². The van der Waals surface area contributed by atoms with Gasteiger partial charge in [-0.25, -0.2) is 13.8 Å². The summed E-state index contributed by atoms with van der Waals surface area (Å²) in [6.07, 6.45) is 0. The Bertz CT molecular complexity index is 120. The second-order valence-electron chi connectivity index (χ2n) is 2.38. The first-order valence-electron chi connectivity index (χ1n) is 3.05. The number of rotatable bonds is 0. The van der Waals surface area contributed by atoms with Crippen molar-refractivity contribution in [3.05, 3.63) is 0 Å². The molecule has 5 heteroatoms. The molecule has 0 unspecified atom stereocenters. The van der Waals surface area contributed by atoms with Crippen molar-refractivity contribution in [3.63, 3.8) is 0 Å². The van der Waals surface area contributed by atoms with E-state index >= 15 is 0 Å². The lowest BCUT2D eigenvalue weighted by Gasteiger charge is -2.16. The van der Waals surface area contributed by atoms with Gasteiger partial charge in [-0.15, -0.1) is 0 Å². The molecule has 0 aliphatic carbocycles. The van der Waals surface area contributed by atoms with Crippen molar-refractivity contribution in [2.75, 3.05) is 26.3 Å². The van der Waals surface area contributed by atoms with Gasteiger partial charge in [-0.2, -0.15) is 0 Å². The zero-order chi connectivity index (χ0) is 7.61. The molecule has 3 nitrogen and oxygen atoms in total. The summed E-state index contributed by atoms with van der Waals surface area (Å²) in [6.45, 7) is -0.268. The maximum atomic E-state index is 12.5.